The third-order valence-corrected chi connectivity index (χ3v) is 3.18. The summed E-state index contributed by atoms with van der Waals surface area (Å²) in [4.78, 5) is 4.53. The van der Waals surface area contributed by atoms with E-state index in [1.807, 2.05) is 29.8 Å². The van der Waals surface area contributed by atoms with Crippen LogP contribution in [0.25, 0.3) is 22.4 Å². The van der Waals surface area contributed by atoms with Gasteiger partial charge in [0.25, 0.3) is 0 Å². The maximum absolute atomic E-state index is 12.9. The van der Waals surface area contributed by atoms with E-state index in [1.165, 1.54) is 12.1 Å². The molecule has 1 heterocycles. The standard InChI is InChI=1S/C14H10ClFN2/c1-18-13-7-4-10(15)8-12(13)17-14(18)9-2-5-11(16)6-3-9/h2-8H,1H3. The molecule has 1 aromatic heterocycles. The molecule has 0 spiro atoms. The van der Waals surface area contributed by atoms with Crippen molar-refractivity contribution in [2.45, 2.75) is 0 Å². The molecule has 0 aliphatic rings. The summed E-state index contributed by atoms with van der Waals surface area (Å²) in [6, 6.07) is 11.9. The van der Waals surface area contributed by atoms with Crippen LogP contribution in [0.4, 0.5) is 4.39 Å². The fourth-order valence-corrected chi connectivity index (χ4v) is 2.20. The van der Waals surface area contributed by atoms with Gasteiger partial charge in [-0.15, -0.1) is 0 Å². The lowest BCUT2D eigenvalue weighted by Crippen LogP contribution is -1.92. The second-order valence-corrected chi connectivity index (χ2v) is 4.57. The summed E-state index contributed by atoms with van der Waals surface area (Å²) >= 11 is 5.95. The van der Waals surface area contributed by atoms with Crippen LogP contribution in [0.5, 0.6) is 0 Å². The zero-order valence-electron chi connectivity index (χ0n) is 9.69. The molecule has 0 aliphatic carbocycles. The molecule has 2 nitrogen and oxygen atoms in total. The molecule has 3 aromatic rings. The molecule has 90 valence electrons. The average molecular weight is 261 g/mol. The van der Waals surface area contributed by atoms with E-state index in [-0.39, 0.29) is 5.82 Å². The molecule has 0 N–H and O–H groups in total. The summed E-state index contributed by atoms with van der Waals surface area (Å²) in [5.41, 5.74) is 2.72. The van der Waals surface area contributed by atoms with Crippen LogP contribution in [0.1, 0.15) is 0 Å². The first-order valence-corrected chi connectivity index (χ1v) is 5.91. The van der Waals surface area contributed by atoms with Crippen molar-refractivity contribution in [2.75, 3.05) is 0 Å². The maximum Gasteiger partial charge on any atom is 0.140 e. The van der Waals surface area contributed by atoms with Gasteiger partial charge in [-0.2, -0.15) is 0 Å². The van der Waals surface area contributed by atoms with Gasteiger partial charge in [-0.1, -0.05) is 11.6 Å². The Morgan fingerprint density at radius 1 is 1.11 bits per heavy atom. The summed E-state index contributed by atoms with van der Waals surface area (Å²) in [6.07, 6.45) is 0. The summed E-state index contributed by atoms with van der Waals surface area (Å²) in [7, 11) is 1.93. The number of aromatic nitrogens is 2. The van der Waals surface area contributed by atoms with Crippen LogP contribution in [0, 0.1) is 5.82 Å². The summed E-state index contributed by atoms with van der Waals surface area (Å²) < 4.78 is 14.9. The molecule has 0 atom stereocenters. The van der Waals surface area contributed by atoms with Crippen LogP contribution in [-0.4, -0.2) is 9.55 Å². The SMILES string of the molecule is Cn1c(-c2ccc(F)cc2)nc2cc(Cl)ccc21. The Hall–Kier alpha value is -1.87. The van der Waals surface area contributed by atoms with E-state index in [0.29, 0.717) is 5.02 Å². The zero-order chi connectivity index (χ0) is 12.7. The molecule has 0 saturated carbocycles. The van der Waals surface area contributed by atoms with Crippen LogP contribution in [0.15, 0.2) is 42.5 Å². The normalized spacial score (nSPS) is 11.1. The predicted molar refractivity (Wildman–Crippen MR) is 71.1 cm³/mol. The Labute approximate surface area is 109 Å². The maximum atomic E-state index is 12.9. The van der Waals surface area contributed by atoms with Gasteiger partial charge in [0.1, 0.15) is 11.6 Å². The van der Waals surface area contributed by atoms with Crippen molar-refractivity contribution in [3.63, 3.8) is 0 Å². The molecular weight excluding hydrogens is 251 g/mol. The topological polar surface area (TPSA) is 17.8 Å². The van der Waals surface area contributed by atoms with E-state index in [0.717, 1.165) is 22.4 Å². The van der Waals surface area contributed by atoms with Gasteiger partial charge >= 0.3 is 0 Å². The van der Waals surface area contributed by atoms with Crippen LogP contribution in [0.2, 0.25) is 5.02 Å². The van der Waals surface area contributed by atoms with Crippen molar-refractivity contribution in [1.82, 2.24) is 9.55 Å². The minimum absolute atomic E-state index is 0.249. The molecule has 2 aromatic carbocycles. The Morgan fingerprint density at radius 2 is 1.83 bits per heavy atom. The molecular formula is C14H10ClFN2. The van der Waals surface area contributed by atoms with Crippen molar-refractivity contribution in [2.24, 2.45) is 7.05 Å². The quantitative estimate of drug-likeness (QED) is 0.646. The average Bonchev–Trinajstić information content (AvgIpc) is 2.67. The van der Waals surface area contributed by atoms with E-state index >= 15 is 0 Å². The number of benzene rings is 2. The van der Waals surface area contributed by atoms with Crippen molar-refractivity contribution in [3.05, 3.63) is 53.3 Å². The van der Waals surface area contributed by atoms with Gasteiger partial charge in [0.15, 0.2) is 0 Å². The molecule has 18 heavy (non-hydrogen) atoms. The van der Waals surface area contributed by atoms with E-state index in [2.05, 4.69) is 4.98 Å². The Kier molecular flexibility index (Phi) is 2.56. The molecule has 0 radical (unpaired) electrons. The highest BCUT2D eigenvalue weighted by atomic mass is 35.5. The fourth-order valence-electron chi connectivity index (χ4n) is 2.03. The van der Waals surface area contributed by atoms with E-state index in [1.54, 1.807) is 12.1 Å². The lowest BCUT2D eigenvalue weighted by molar-refractivity contribution is 0.628. The lowest BCUT2D eigenvalue weighted by atomic mass is 10.2. The number of rotatable bonds is 1. The van der Waals surface area contributed by atoms with E-state index in [4.69, 9.17) is 11.6 Å². The number of nitrogens with zero attached hydrogens (tertiary/aromatic N) is 2. The van der Waals surface area contributed by atoms with Gasteiger partial charge in [0, 0.05) is 17.6 Å². The smallest absolute Gasteiger partial charge is 0.140 e. The van der Waals surface area contributed by atoms with Gasteiger partial charge in [-0.25, -0.2) is 9.37 Å². The fraction of sp³-hybridized carbons (Fsp3) is 0.0714. The molecule has 3 rings (SSSR count). The molecule has 0 aliphatic heterocycles. The first kappa shape index (κ1) is 11.2. The molecule has 0 unspecified atom stereocenters. The Balaban J connectivity index is 2.23. The highest BCUT2D eigenvalue weighted by Gasteiger charge is 2.09. The molecule has 0 fully saturated rings. The summed E-state index contributed by atoms with van der Waals surface area (Å²) in [5, 5.41) is 0.659. The number of imidazole rings is 1. The molecule has 0 amide bonds. The van der Waals surface area contributed by atoms with Crippen LogP contribution in [-0.2, 0) is 7.05 Å². The van der Waals surface area contributed by atoms with Crippen molar-refractivity contribution >= 4 is 22.6 Å². The van der Waals surface area contributed by atoms with Crippen LogP contribution < -0.4 is 0 Å². The largest absolute Gasteiger partial charge is 0.327 e. The second kappa shape index (κ2) is 4.10. The van der Waals surface area contributed by atoms with Gasteiger partial charge in [-0.05, 0) is 42.5 Å². The van der Waals surface area contributed by atoms with Crippen molar-refractivity contribution < 1.29 is 4.39 Å². The van der Waals surface area contributed by atoms with Gasteiger partial charge in [0.05, 0.1) is 11.0 Å². The molecule has 0 saturated heterocycles. The van der Waals surface area contributed by atoms with E-state index < -0.39 is 0 Å². The first-order valence-electron chi connectivity index (χ1n) is 5.53. The number of aryl methyl sites for hydroxylation is 1. The summed E-state index contributed by atoms with van der Waals surface area (Å²) in [5.74, 6) is 0.549. The number of halogens is 2. The molecule has 4 heteroatoms. The third kappa shape index (κ3) is 1.77. The van der Waals surface area contributed by atoms with Gasteiger partial charge < -0.3 is 4.57 Å². The number of hydrogen-bond donors (Lipinski definition) is 0. The Bertz CT molecular complexity index is 716. The van der Waals surface area contributed by atoms with Crippen LogP contribution in [0.3, 0.4) is 0 Å². The predicted octanol–water partition coefficient (Wildman–Crippen LogP) is 4.03. The van der Waals surface area contributed by atoms with Crippen molar-refractivity contribution in [3.8, 4) is 11.4 Å². The van der Waals surface area contributed by atoms with Crippen molar-refractivity contribution in [1.29, 1.82) is 0 Å². The van der Waals surface area contributed by atoms with Gasteiger partial charge in [-0.3, -0.25) is 0 Å². The van der Waals surface area contributed by atoms with Gasteiger partial charge in [0.2, 0.25) is 0 Å². The minimum Gasteiger partial charge on any atom is -0.327 e. The first-order chi connectivity index (χ1) is 8.65. The number of hydrogen-bond acceptors (Lipinski definition) is 1. The zero-order valence-corrected chi connectivity index (χ0v) is 10.4. The highest BCUT2D eigenvalue weighted by molar-refractivity contribution is 6.31. The summed E-state index contributed by atoms with van der Waals surface area (Å²) in [6.45, 7) is 0. The highest BCUT2D eigenvalue weighted by Crippen LogP contribution is 2.25. The minimum atomic E-state index is -0.249. The monoisotopic (exact) mass is 260 g/mol. The number of fused-ring (bicyclic) bond motifs is 1. The lowest BCUT2D eigenvalue weighted by Gasteiger charge is -2.02. The van der Waals surface area contributed by atoms with E-state index in [9.17, 15) is 4.39 Å². The third-order valence-electron chi connectivity index (χ3n) is 2.95. The Morgan fingerprint density at radius 3 is 2.56 bits per heavy atom. The second-order valence-electron chi connectivity index (χ2n) is 4.13. The molecule has 0 bridgehead atoms. The van der Waals surface area contributed by atoms with Crippen LogP contribution >= 0.6 is 11.6 Å².